The van der Waals surface area contributed by atoms with E-state index in [-0.39, 0.29) is 0 Å². The lowest BCUT2D eigenvalue weighted by Gasteiger charge is -2.06. The summed E-state index contributed by atoms with van der Waals surface area (Å²) in [4.78, 5) is 11.3. The van der Waals surface area contributed by atoms with Gasteiger partial charge in [-0.15, -0.1) is 11.3 Å². The van der Waals surface area contributed by atoms with Gasteiger partial charge in [0.15, 0.2) is 0 Å². The number of rotatable bonds is 3. The smallest absolute Gasteiger partial charge is 0.137 e. The van der Waals surface area contributed by atoms with Crippen LogP contribution < -0.4 is 5.32 Å². The second-order valence-corrected chi connectivity index (χ2v) is 5.89. The van der Waals surface area contributed by atoms with E-state index in [1.165, 1.54) is 15.3 Å². The number of hydrogen-bond donors (Lipinski definition) is 1. The maximum absolute atomic E-state index is 4.33. The fraction of sp³-hybridized carbons (Fsp3) is 0.200. The van der Waals surface area contributed by atoms with Crippen LogP contribution in [0.15, 0.2) is 36.7 Å². The third kappa shape index (κ3) is 2.44. The molecule has 2 heterocycles. The third-order valence-electron chi connectivity index (χ3n) is 3.19. The van der Waals surface area contributed by atoms with E-state index in [1.807, 2.05) is 35.6 Å². The van der Waals surface area contributed by atoms with Gasteiger partial charge in [-0.3, -0.25) is 0 Å². The van der Waals surface area contributed by atoms with Crippen molar-refractivity contribution in [2.24, 2.45) is 0 Å². The number of aryl methyl sites for hydroxylation is 2. The Morgan fingerprint density at radius 3 is 2.79 bits per heavy atom. The molecule has 19 heavy (non-hydrogen) atoms. The van der Waals surface area contributed by atoms with Crippen LogP contribution in [0.5, 0.6) is 0 Å². The normalized spacial score (nSPS) is 10.8. The summed E-state index contributed by atoms with van der Waals surface area (Å²) >= 11 is 1.83. The fourth-order valence-electron chi connectivity index (χ4n) is 2.05. The number of aromatic nitrogens is 2. The molecule has 1 aromatic carbocycles. The number of thiophene rings is 1. The molecule has 0 spiro atoms. The summed E-state index contributed by atoms with van der Waals surface area (Å²) in [7, 11) is 0. The van der Waals surface area contributed by atoms with E-state index in [2.05, 4.69) is 35.2 Å². The maximum atomic E-state index is 4.33. The molecule has 96 valence electrons. The van der Waals surface area contributed by atoms with E-state index in [4.69, 9.17) is 0 Å². The van der Waals surface area contributed by atoms with E-state index in [0.29, 0.717) is 0 Å². The number of benzene rings is 1. The van der Waals surface area contributed by atoms with Gasteiger partial charge in [0.1, 0.15) is 12.1 Å². The quantitative estimate of drug-likeness (QED) is 0.783. The zero-order valence-electron chi connectivity index (χ0n) is 11.0. The zero-order valence-corrected chi connectivity index (χ0v) is 11.8. The minimum absolute atomic E-state index is 0.806. The predicted octanol–water partition coefficient (Wildman–Crippen LogP) is 3.92. The summed E-state index contributed by atoms with van der Waals surface area (Å²) in [5.74, 6) is 0.898. The highest BCUT2D eigenvalue weighted by Gasteiger charge is 2.04. The van der Waals surface area contributed by atoms with Crippen LogP contribution in [0.1, 0.15) is 15.3 Å². The van der Waals surface area contributed by atoms with Gasteiger partial charge in [-0.2, -0.15) is 0 Å². The minimum Gasteiger partial charge on any atom is -0.365 e. The van der Waals surface area contributed by atoms with Crippen molar-refractivity contribution >= 4 is 28.1 Å². The predicted molar refractivity (Wildman–Crippen MR) is 80.7 cm³/mol. The molecule has 3 rings (SSSR count). The Balaban J connectivity index is 1.85. The second kappa shape index (κ2) is 4.97. The van der Waals surface area contributed by atoms with Crippen molar-refractivity contribution < 1.29 is 0 Å². The summed E-state index contributed by atoms with van der Waals surface area (Å²) in [6.07, 6.45) is 1.61. The van der Waals surface area contributed by atoms with Gasteiger partial charge in [-0.1, -0.05) is 12.1 Å². The minimum atomic E-state index is 0.806. The van der Waals surface area contributed by atoms with E-state index < -0.39 is 0 Å². The van der Waals surface area contributed by atoms with Gasteiger partial charge < -0.3 is 5.32 Å². The first kappa shape index (κ1) is 12.1. The summed E-state index contributed by atoms with van der Waals surface area (Å²) in [5, 5.41) is 4.47. The van der Waals surface area contributed by atoms with Crippen molar-refractivity contribution in [2.75, 3.05) is 5.32 Å². The number of hydrogen-bond acceptors (Lipinski definition) is 4. The van der Waals surface area contributed by atoms with Crippen molar-refractivity contribution in [3.8, 4) is 0 Å². The fourth-order valence-corrected chi connectivity index (χ4v) is 3.05. The lowest BCUT2D eigenvalue weighted by molar-refractivity contribution is 1.12. The van der Waals surface area contributed by atoms with Gasteiger partial charge in [0.05, 0.1) is 12.1 Å². The molecule has 0 aliphatic heterocycles. The molecule has 2 aromatic heterocycles. The summed E-state index contributed by atoms with van der Waals surface area (Å²) < 4.78 is 0. The number of nitrogens with one attached hydrogen (secondary N) is 1. The van der Waals surface area contributed by atoms with Crippen molar-refractivity contribution in [1.82, 2.24) is 9.97 Å². The molecule has 0 aliphatic rings. The van der Waals surface area contributed by atoms with E-state index >= 15 is 0 Å². The van der Waals surface area contributed by atoms with Crippen LogP contribution in [0.2, 0.25) is 0 Å². The second-order valence-electron chi connectivity index (χ2n) is 4.54. The Kier molecular flexibility index (Phi) is 3.17. The van der Waals surface area contributed by atoms with Crippen LogP contribution in [0.4, 0.5) is 5.82 Å². The molecule has 1 N–H and O–H groups in total. The molecule has 0 aliphatic carbocycles. The first-order valence-electron chi connectivity index (χ1n) is 6.23. The van der Waals surface area contributed by atoms with Crippen LogP contribution in [-0.4, -0.2) is 9.97 Å². The van der Waals surface area contributed by atoms with Gasteiger partial charge in [-0.05, 0) is 37.6 Å². The molecular weight excluding hydrogens is 254 g/mol. The lowest BCUT2D eigenvalue weighted by Crippen LogP contribution is -2.01. The first-order valence-corrected chi connectivity index (χ1v) is 7.05. The standard InChI is InChI=1S/C15H15N3S/c1-10-7-12(19-11(10)2)8-16-15-13-5-3-4-6-14(13)17-9-18-15/h3-7,9H,8H2,1-2H3,(H,16,17,18). The molecule has 0 saturated carbocycles. The topological polar surface area (TPSA) is 37.8 Å². The molecule has 0 fully saturated rings. The van der Waals surface area contributed by atoms with E-state index in [1.54, 1.807) is 6.33 Å². The Labute approximate surface area is 116 Å². The zero-order chi connectivity index (χ0) is 13.2. The molecule has 4 heteroatoms. The largest absolute Gasteiger partial charge is 0.365 e. The SMILES string of the molecule is Cc1cc(CNc2ncnc3ccccc23)sc1C. The van der Waals surface area contributed by atoms with Gasteiger partial charge in [0.2, 0.25) is 0 Å². The van der Waals surface area contributed by atoms with Crippen LogP contribution in [0.25, 0.3) is 10.9 Å². The highest BCUT2D eigenvalue weighted by molar-refractivity contribution is 7.12. The Morgan fingerprint density at radius 1 is 1.16 bits per heavy atom. The number of fused-ring (bicyclic) bond motifs is 1. The van der Waals surface area contributed by atoms with Gasteiger partial charge in [0, 0.05) is 15.1 Å². The number of anilines is 1. The molecule has 0 saturated heterocycles. The molecular formula is C15H15N3S. The molecule has 0 radical (unpaired) electrons. The maximum Gasteiger partial charge on any atom is 0.137 e. The Bertz CT molecular complexity index is 693. The summed E-state index contributed by atoms with van der Waals surface area (Å²) in [6, 6.07) is 10.3. The van der Waals surface area contributed by atoms with Gasteiger partial charge in [-0.25, -0.2) is 9.97 Å². The number of para-hydroxylation sites is 1. The first-order chi connectivity index (χ1) is 9.24. The third-order valence-corrected chi connectivity index (χ3v) is 4.34. The van der Waals surface area contributed by atoms with Gasteiger partial charge >= 0.3 is 0 Å². The highest BCUT2D eigenvalue weighted by Crippen LogP contribution is 2.23. The van der Waals surface area contributed by atoms with E-state index in [9.17, 15) is 0 Å². The lowest BCUT2D eigenvalue weighted by atomic mass is 10.2. The van der Waals surface area contributed by atoms with E-state index in [0.717, 1.165) is 23.3 Å². The summed E-state index contributed by atoms with van der Waals surface area (Å²) in [6.45, 7) is 5.11. The number of nitrogens with zero attached hydrogens (tertiary/aromatic N) is 2. The monoisotopic (exact) mass is 269 g/mol. The van der Waals surface area contributed by atoms with Crippen molar-refractivity contribution in [3.63, 3.8) is 0 Å². The van der Waals surface area contributed by atoms with Crippen LogP contribution in [0.3, 0.4) is 0 Å². The van der Waals surface area contributed by atoms with Crippen LogP contribution >= 0.6 is 11.3 Å². The Hall–Kier alpha value is -1.94. The molecule has 0 amide bonds. The van der Waals surface area contributed by atoms with Gasteiger partial charge in [0.25, 0.3) is 0 Å². The van der Waals surface area contributed by atoms with Crippen LogP contribution in [0, 0.1) is 13.8 Å². The molecule has 0 unspecified atom stereocenters. The molecule has 0 bridgehead atoms. The Morgan fingerprint density at radius 2 is 2.00 bits per heavy atom. The van der Waals surface area contributed by atoms with Crippen LogP contribution in [-0.2, 0) is 6.54 Å². The summed E-state index contributed by atoms with van der Waals surface area (Å²) in [5.41, 5.74) is 2.33. The average molecular weight is 269 g/mol. The molecule has 0 atom stereocenters. The molecule has 3 nitrogen and oxygen atoms in total. The van der Waals surface area contributed by atoms with Crippen molar-refractivity contribution in [1.29, 1.82) is 0 Å². The average Bonchev–Trinajstić information content (AvgIpc) is 2.75. The highest BCUT2D eigenvalue weighted by atomic mass is 32.1. The molecule has 3 aromatic rings. The van der Waals surface area contributed by atoms with Crippen molar-refractivity contribution in [2.45, 2.75) is 20.4 Å². The van der Waals surface area contributed by atoms with Crippen molar-refractivity contribution in [3.05, 3.63) is 52.0 Å².